The average molecular weight is 508 g/mol. The van der Waals surface area contributed by atoms with E-state index in [0.29, 0.717) is 42.6 Å². The highest BCUT2D eigenvalue weighted by Crippen LogP contribution is 2.56. The number of rotatable bonds is 5. The van der Waals surface area contributed by atoms with Crippen LogP contribution < -0.4 is 10.0 Å². The van der Waals surface area contributed by atoms with Gasteiger partial charge in [-0.2, -0.15) is 0 Å². The van der Waals surface area contributed by atoms with Gasteiger partial charge in [-0.3, -0.25) is 10.0 Å². The van der Waals surface area contributed by atoms with Crippen molar-refractivity contribution in [2.75, 3.05) is 5.32 Å². The van der Waals surface area contributed by atoms with Gasteiger partial charge in [-0.25, -0.2) is 8.78 Å². The predicted molar refractivity (Wildman–Crippen MR) is 136 cm³/mol. The minimum absolute atomic E-state index is 0.0238. The Morgan fingerprint density at radius 1 is 1.14 bits per heavy atom. The molecule has 3 N–H and O–H groups in total. The summed E-state index contributed by atoms with van der Waals surface area (Å²) >= 11 is 0. The molecule has 37 heavy (non-hydrogen) atoms. The van der Waals surface area contributed by atoms with Crippen LogP contribution in [0.2, 0.25) is 0 Å². The number of aromatic nitrogens is 1. The van der Waals surface area contributed by atoms with Crippen molar-refractivity contribution >= 4 is 11.6 Å². The minimum Gasteiger partial charge on any atom is -0.384 e. The number of benzene rings is 2. The molecule has 1 fully saturated rings. The largest absolute Gasteiger partial charge is 0.384 e. The van der Waals surface area contributed by atoms with E-state index in [9.17, 15) is 23.9 Å². The minimum atomic E-state index is -3.17. The summed E-state index contributed by atoms with van der Waals surface area (Å²) in [4.78, 5) is 13.1. The normalized spacial score (nSPS) is 25.2. The second-order valence-corrected chi connectivity index (χ2v) is 10.9. The molecular formula is C30H33F2N2O3+. The van der Waals surface area contributed by atoms with Gasteiger partial charge in [0.05, 0.1) is 0 Å². The van der Waals surface area contributed by atoms with Gasteiger partial charge in [0.2, 0.25) is 6.20 Å². The summed E-state index contributed by atoms with van der Waals surface area (Å²) in [6.45, 7) is 2.53. The van der Waals surface area contributed by atoms with Crippen LogP contribution in [0.25, 0.3) is 0 Å². The van der Waals surface area contributed by atoms with Crippen LogP contribution >= 0.6 is 0 Å². The van der Waals surface area contributed by atoms with Crippen molar-refractivity contribution in [2.45, 2.75) is 69.3 Å². The van der Waals surface area contributed by atoms with Crippen molar-refractivity contribution in [3.8, 4) is 0 Å². The molecule has 2 aliphatic rings. The maximum absolute atomic E-state index is 14.5. The molecule has 0 aliphatic heterocycles. The van der Waals surface area contributed by atoms with E-state index in [1.165, 1.54) is 6.20 Å². The number of hydrogen-bond donors (Lipinski definition) is 3. The van der Waals surface area contributed by atoms with Crippen LogP contribution in [-0.4, -0.2) is 27.7 Å². The summed E-state index contributed by atoms with van der Waals surface area (Å²) in [5.74, 6) is -3.55. The molecule has 3 atom stereocenters. The number of carbonyl (C=O) groups is 1. The molecule has 3 aromatic rings. The van der Waals surface area contributed by atoms with Gasteiger partial charge >= 0.3 is 0 Å². The number of carbonyl (C=O) groups excluding carboxylic acids is 1. The lowest BCUT2D eigenvalue weighted by Crippen LogP contribution is -2.57. The van der Waals surface area contributed by atoms with Crippen LogP contribution in [0.1, 0.15) is 65.3 Å². The molecule has 0 spiro atoms. The number of nitrogens with zero attached hydrogens (tertiary/aromatic N) is 1. The molecule has 1 amide bonds. The number of anilines is 1. The smallest absolute Gasteiger partial charge is 0.273 e. The average Bonchev–Trinajstić information content (AvgIpc) is 2.87. The molecule has 7 heteroatoms. The second-order valence-electron chi connectivity index (χ2n) is 10.9. The van der Waals surface area contributed by atoms with Gasteiger partial charge in [-0.05, 0) is 79.3 Å². The van der Waals surface area contributed by atoms with E-state index in [-0.39, 0.29) is 30.1 Å². The molecule has 0 unspecified atom stereocenters. The first-order chi connectivity index (χ1) is 17.5. The molecule has 1 heterocycles. The van der Waals surface area contributed by atoms with Crippen LogP contribution in [0.3, 0.4) is 0 Å². The summed E-state index contributed by atoms with van der Waals surface area (Å²) in [6, 6.07) is 19.1. The van der Waals surface area contributed by atoms with Crippen molar-refractivity contribution in [3.63, 3.8) is 0 Å². The summed E-state index contributed by atoms with van der Waals surface area (Å²) in [5, 5.41) is 23.7. The second kappa shape index (κ2) is 9.21. The fourth-order valence-corrected chi connectivity index (χ4v) is 6.42. The zero-order chi connectivity index (χ0) is 26.4. The highest BCUT2D eigenvalue weighted by molar-refractivity contribution is 6.04. The van der Waals surface area contributed by atoms with Crippen LogP contribution in [0, 0.1) is 12.8 Å². The first-order valence-corrected chi connectivity index (χ1v) is 12.8. The summed E-state index contributed by atoms with van der Waals surface area (Å²) in [5.41, 5.74) is 2.41. The van der Waals surface area contributed by atoms with Crippen LogP contribution in [0.5, 0.6) is 0 Å². The van der Waals surface area contributed by atoms with Gasteiger partial charge in [0, 0.05) is 35.6 Å². The van der Waals surface area contributed by atoms with E-state index in [4.69, 9.17) is 0 Å². The van der Waals surface area contributed by atoms with Crippen molar-refractivity contribution in [1.29, 1.82) is 0 Å². The van der Waals surface area contributed by atoms with Gasteiger partial charge in [-0.1, -0.05) is 36.4 Å². The van der Waals surface area contributed by atoms with Gasteiger partial charge in [-0.15, -0.1) is 0 Å². The summed E-state index contributed by atoms with van der Waals surface area (Å²) in [7, 11) is 0. The molecule has 0 radical (unpaired) electrons. The topological polar surface area (TPSA) is 73.4 Å². The van der Waals surface area contributed by atoms with Gasteiger partial charge in [0.25, 0.3) is 17.5 Å². The summed E-state index contributed by atoms with van der Waals surface area (Å²) < 4.78 is 29.9. The van der Waals surface area contributed by atoms with Crippen LogP contribution in [-0.2, 0) is 18.3 Å². The Balaban J connectivity index is 1.50. The Hall–Kier alpha value is -3.32. The third-order valence-electron chi connectivity index (χ3n) is 8.67. The van der Waals surface area contributed by atoms with E-state index in [1.807, 2.05) is 30.3 Å². The lowest BCUT2D eigenvalue weighted by Gasteiger charge is -2.54. The third-order valence-corrected chi connectivity index (χ3v) is 8.67. The van der Waals surface area contributed by atoms with E-state index in [2.05, 4.69) is 17.4 Å². The number of alkyl halides is 2. The molecule has 0 saturated heterocycles. The molecule has 1 saturated carbocycles. The molecular weight excluding hydrogens is 474 g/mol. The number of hydrogen-bond acceptors (Lipinski definition) is 3. The monoisotopic (exact) mass is 507 g/mol. The lowest BCUT2D eigenvalue weighted by atomic mass is 9.52. The van der Waals surface area contributed by atoms with Crippen molar-refractivity contribution in [3.05, 3.63) is 94.8 Å². The molecule has 5 nitrogen and oxygen atoms in total. The number of fused-ring (bicyclic) bond motifs is 3. The Bertz CT molecular complexity index is 1320. The number of halogens is 2. The molecule has 0 bridgehead atoms. The van der Waals surface area contributed by atoms with Gasteiger partial charge in [0.15, 0.2) is 0 Å². The maximum Gasteiger partial charge on any atom is 0.273 e. The third kappa shape index (κ3) is 4.50. The SMILES string of the molecule is Cc1c(NC(=O)c2ccc3c(c2)CC[C@@H]2C[C@@](O)(C(C)(F)F)CC[C@@]32Cc2ccccc2)ccc[n+]1O. The maximum atomic E-state index is 14.5. The number of aryl methyl sites for hydroxylation is 1. The number of aliphatic hydroxyl groups is 1. The molecule has 2 aliphatic carbocycles. The predicted octanol–water partition coefficient (Wildman–Crippen LogP) is 5.39. The molecule has 2 aromatic carbocycles. The lowest BCUT2D eigenvalue weighted by molar-refractivity contribution is -0.908. The molecule has 194 valence electrons. The van der Waals surface area contributed by atoms with Crippen molar-refractivity contribution in [1.82, 2.24) is 0 Å². The Morgan fingerprint density at radius 3 is 2.62 bits per heavy atom. The number of amides is 1. The highest BCUT2D eigenvalue weighted by atomic mass is 19.3. The Labute approximate surface area is 215 Å². The molecule has 1 aromatic heterocycles. The standard InChI is InChI=1S/C30H32F2N2O3/c1-20-26(9-6-16-34(20)37)33-27(35)23-11-13-25-22(17-23)10-12-24-19-30(36,28(2,31)32)15-14-29(24,25)18-21-7-4-3-5-8-21/h3-9,11,13,16-17,24,36H,10,12,14-15,18-19H2,1-2H3,(H-,33,35,37)/p+1/t24-,29+,30-/m1/s1. The van der Waals surface area contributed by atoms with E-state index >= 15 is 0 Å². The quantitative estimate of drug-likeness (QED) is 0.321. The Morgan fingerprint density at radius 2 is 1.89 bits per heavy atom. The van der Waals surface area contributed by atoms with E-state index in [1.54, 1.807) is 25.1 Å². The Kier molecular flexibility index (Phi) is 6.31. The highest BCUT2D eigenvalue weighted by Gasteiger charge is 2.58. The molecule has 5 rings (SSSR count). The number of nitrogens with one attached hydrogen (secondary N) is 1. The van der Waals surface area contributed by atoms with Crippen molar-refractivity contribution < 1.29 is 28.6 Å². The van der Waals surface area contributed by atoms with E-state index in [0.717, 1.165) is 28.3 Å². The van der Waals surface area contributed by atoms with Gasteiger partial charge < -0.3 is 10.4 Å². The van der Waals surface area contributed by atoms with Crippen molar-refractivity contribution in [2.24, 2.45) is 5.92 Å². The van der Waals surface area contributed by atoms with Crippen LogP contribution in [0.4, 0.5) is 14.5 Å². The first kappa shape index (κ1) is 25.3. The zero-order valence-electron chi connectivity index (χ0n) is 21.2. The number of pyridine rings is 1. The summed E-state index contributed by atoms with van der Waals surface area (Å²) in [6.07, 6.45) is 4.05. The van der Waals surface area contributed by atoms with E-state index < -0.39 is 11.5 Å². The van der Waals surface area contributed by atoms with Crippen LogP contribution in [0.15, 0.2) is 66.9 Å². The first-order valence-electron chi connectivity index (χ1n) is 12.8. The zero-order valence-corrected chi connectivity index (χ0v) is 21.2. The fraction of sp³-hybridized carbons (Fsp3) is 0.400. The fourth-order valence-electron chi connectivity index (χ4n) is 6.42. The van der Waals surface area contributed by atoms with Gasteiger partial charge in [0.1, 0.15) is 11.3 Å².